The van der Waals surface area contributed by atoms with Crippen LogP contribution in [0, 0.1) is 10.1 Å². The topological polar surface area (TPSA) is 68.1 Å². The molecule has 2 aromatic rings. The van der Waals surface area contributed by atoms with Gasteiger partial charge < -0.3 is 5.32 Å². The van der Waals surface area contributed by atoms with Gasteiger partial charge in [0, 0.05) is 23.3 Å². The molecule has 0 unspecified atom stereocenters. The first-order valence-electron chi connectivity index (χ1n) is 5.26. The van der Waals surface area contributed by atoms with E-state index in [1.54, 1.807) is 18.3 Å². The Morgan fingerprint density at radius 2 is 2.33 bits per heavy atom. The third kappa shape index (κ3) is 2.68. The number of benzene rings is 1. The molecule has 18 heavy (non-hydrogen) atoms. The standard InChI is InChI=1S/C11H10BrN3O2S/c1-2-13-11-14-6-10(18-11)8-4-3-7(12)5-9(8)15(16)17/h3-6H,2H2,1H3,(H,13,14). The number of aromatic nitrogens is 1. The molecule has 0 saturated carbocycles. The molecule has 1 aromatic carbocycles. The zero-order chi connectivity index (χ0) is 13.1. The number of rotatable bonds is 4. The minimum absolute atomic E-state index is 0.0797. The fourth-order valence-electron chi connectivity index (χ4n) is 1.50. The second kappa shape index (κ2) is 5.45. The molecule has 0 amide bonds. The van der Waals surface area contributed by atoms with E-state index in [4.69, 9.17) is 0 Å². The minimum atomic E-state index is -0.382. The monoisotopic (exact) mass is 327 g/mol. The van der Waals surface area contributed by atoms with Gasteiger partial charge in [-0.15, -0.1) is 0 Å². The van der Waals surface area contributed by atoms with Crippen LogP contribution in [0.2, 0.25) is 0 Å². The molecule has 0 bridgehead atoms. The van der Waals surface area contributed by atoms with Crippen LogP contribution < -0.4 is 5.32 Å². The molecule has 0 aliphatic heterocycles. The van der Waals surface area contributed by atoms with E-state index in [0.717, 1.165) is 16.6 Å². The van der Waals surface area contributed by atoms with Gasteiger partial charge in [-0.05, 0) is 19.1 Å². The molecule has 0 radical (unpaired) electrons. The molecule has 0 aliphatic carbocycles. The van der Waals surface area contributed by atoms with E-state index in [2.05, 4.69) is 26.2 Å². The Labute approximate surface area is 116 Å². The number of nitro benzene ring substituents is 1. The van der Waals surface area contributed by atoms with Crippen LogP contribution in [-0.4, -0.2) is 16.5 Å². The summed E-state index contributed by atoms with van der Waals surface area (Å²) in [7, 11) is 0. The summed E-state index contributed by atoms with van der Waals surface area (Å²) < 4.78 is 0.689. The molecule has 0 aliphatic rings. The molecule has 7 heteroatoms. The Balaban J connectivity index is 2.45. The summed E-state index contributed by atoms with van der Waals surface area (Å²) >= 11 is 4.64. The van der Waals surface area contributed by atoms with Gasteiger partial charge in [0.05, 0.1) is 15.4 Å². The van der Waals surface area contributed by atoms with Crippen LogP contribution in [0.15, 0.2) is 28.9 Å². The largest absolute Gasteiger partial charge is 0.362 e. The number of halogens is 1. The van der Waals surface area contributed by atoms with Crippen molar-refractivity contribution in [3.8, 4) is 10.4 Å². The highest BCUT2D eigenvalue weighted by Crippen LogP contribution is 2.36. The third-order valence-corrected chi connectivity index (χ3v) is 3.74. The van der Waals surface area contributed by atoms with E-state index >= 15 is 0 Å². The van der Waals surface area contributed by atoms with E-state index in [0.29, 0.717) is 10.0 Å². The lowest BCUT2D eigenvalue weighted by molar-refractivity contribution is -0.384. The normalized spacial score (nSPS) is 10.3. The van der Waals surface area contributed by atoms with Crippen molar-refractivity contribution in [1.82, 2.24) is 4.98 Å². The number of hydrogen-bond acceptors (Lipinski definition) is 5. The number of nitrogens with one attached hydrogen (secondary N) is 1. The van der Waals surface area contributed by atoms with Gasteiger partial charge in [-0.25, -0.2) is 4.98 Å². The van der Waals surface area contributed by atoms with Crippen LogP contribution in [0.25, 0.3) is 10.4 Å². The zero-order valence-electron chi connectivity index (χ0n) is 9.51. The Morgan fingerprint density at radius 3 is 3.00 bits per heavy atom. The van der Waals surface area contributed by atoms with E-state index in [1.165, 1.54) is 17.4 Å². The first-order chi connectivity index (χ1) is 8.61. The van der Waals surface area contributed by atoms with Crippen LogP contribution in [0.3, 0.4) is 0 Å². The van der Waals surface area contributed by atoms with Crippen molar-refractivity contribution in [2.75, 3.05) is 11.9 Å². The van der Waals surface area contributed by atoms with Gasteiger partial charge in [0.15, 0.2) is 5.13 Å². The lowest BCUT2D eigenvalue weighted by atomic mass is 10.1. The quantitative estimate of drug-likeness (QED) is 0.682. The summed E-state index contributed by atoms with van der Waals surface area (Å²) in [5.74, 6) is 0. The fraction of sp³-hybridized carbons (Fsp3) is 0.182. The lowest BCUT2D eigenvalue weighted by Gasteiger charge is -2.00. The van der Waals surface area contributed by atoms with Crippen LogP contribution in [0.5, 0.6) is 0 Å². The maximum Gasteiger partial charge on any atom is 0.279 e. The van der Waals surface area contributed by atoms with Gasteiger partial charge in [-0.3, -0.25) is 10.1 Å². The zero-order valence-corrected chi connectivity index (χ0v) is 11.9. The third-order valence-electron chi connectivity index (χ3n) is 2.26. The molecular formula is C11H10BrN3O2S. The van der Waals surface area contributed by atoms with Crippen LogP contribution in [0.4, 0.5) is 10.8 Å². The molecular weight excluding hydrogens is 318 g/mol. The fourth-order valence-corrected chi connectivity index (χ4v) is 2.76. The highest BCUT2D eigenvalue weighted by molar-refractivity contribution is 9.10. The Kier molecular flexibility index (Phi) is 3.93. The molecule has 94 valence electrons. The van der Waals surface area contributed by atoms with Gasteiger partial charge in [0.25, 0.3) is 5.69 Å². The number of nitrogens with zero attached hydrogens (tertiary/aromatic N) is 2. The Bertz CT molecular complexity index is 585. The second-order valence-corrected chi connectivity index (χ2v) is 5.42. The first-order valence-corrected chi connectivity index (χ1v) is 6.86. The number of thiazole rings is 1. The SMILES string of the molecule is CCNc1ncc(-c2ccc(Br)cc2[N+](=O)[O-])s1. The molecule has 2 rings (SSSR count). The molecule has 1 heterocycles. The van der Waals surface area contributed by atoms with Crippen molar-refractivity contribution in [2.45, 2.75) is 6.92 Å². The average molecular weight is 328 g/mol. The second-order valence-electron chi connectivity index (χ2n) is 3.48. The van der Waals surface area contributed by atoms with Crippen molar-refractivity contribution < 1.29 is 4.92 Å². The molecule has 0 atom stereocenters. The van der Waals surface area contributed by atoms with E-state index < -0.39 is 0 Å². The summed E-state index contributed by atoms with van der Waals surface area (Å²) in [6, 6.07) is 5.02. The van der Waals surface area contributed by atoms with E-state index in [-0.39, 0.29) is 10.6 Å². The van der Waals surface area contributed by atoms with Crippen molar-refractivity contribution in [3.63, 3.8) is 0 Å². The van der Waals surface area contributed by atoms with E-state index in [9.17, 15) is 10.1 Å². The number of nitro groups is 1. The Morgan fingerprint density at radius 1 is 1.56 bits per heavy atom. The molecule has 1 aromatic heterocycles. The van der Waals surface area contributed by atoms with Crippen LogP contribution in [0.1, 0.15) is 6.92 Å². The van der Waals surface area contributed by atoms with Crippen molar-refractivity contribution >= 4 is 38.1 Å². The first kappa shape index (κ1) is 13.0. The summed E-state index contributed by atoms with van der Waals surface area (Å²) in [5.41, 5.74) is 0.668. The Hall–Kier alpha value is -1.47. The summed E-state index contributed by atoms with van der Waals surface area (Å²) in [6.07, 6.45) is 1.65. The predicted octanol–water partition coefficient (Wildman–Crippen LogP) is 3.91. The van der Waals surface area contributed by atoms with Gasteiger partial charge >= 0.3 is 0 Å². The van der Waals surface area contributed by atoms with Crippen LogP contribution in [-0.2, 0) is 0 Å². The highest BCUT2D eigenvalue weighted by atomic mass is 79.9. The lowest BCUT2D eigenvalue weighted by Crippen LogP contribution is -1.94. The summed E-state index contributed by atoms with van der Waals surface area (Å²) in [5, 5.41) is 14.9. The molecule has 1 N–H and O–H groups in total. The highest BCUT2D eigenvalue weighted by Gasteiger charge is 2.17. The molecule has 0 spiro atoms. The predicted molar refractivity (Wildman–Crippen MR) is 76.1 cm³/mol. The molecule has 0 saturated heterocycles. The maximum atomic E-state index is 11.0. The van der Waals surface area contributed by atoms with Crippen molar-refractivity contribution in [1.29, 1.82) is 0 Å². The van der Waals surface area contributed by atoms with Gasteiger partial charge in [-0.1, -0.05) is 27.3 Å². The minimum Gasteiger partial charge on any atom is -0.362 e. The average Bonchev–Trinajstić information content (AvgIpc) is 2.78. The molecule has 0 fully saturated rings. The molecule has 5 nitrogen and oxygen atoms in total. The number of anilines is 1. The maximum absolute atomic E-state index is 11.0. The summed E-state index contributed by atoms with van der Waals surface area (Å²) in [6.45, 7) is 2.75. The number of hydrogen-bond donors (Lipinski definition) is 1. The van der Waals surface area contributed by atoms with E-state index in [1.807, 2.05) is 6.92 Å². The van der Waals surface area contributed by atoms with Crippen LogP contribution >= 0.6 is 27.3 Å². The van der Waals surface area contributed by atoms with Crippen molar-refractivity contribution in [2.24, 2.45) is 0 Å². The van der Waals surface area contributed by atoms with Gasteiger partial charge in [0.2, 0.25) is 0 Å². The van der Waals surface area contributed by atoms with Crippen molar-refractivity contribution in [3.05, 3.63) is 39.0 Å². The van der Waals surface area contributed by atoms with Gasteiger partial charge in [0.1, 0.15) is 0 Å². The summed E-state index contributed by atoms with van der Waals surface area (Å²) in [4.78, 5) is 15.6. The smallest absolute Gasteiger partial charge is 0.279 e. The van der Waals surface area contributed by atoms with Gasteiger partial charge in [-0.2, -0.15) is 0 Å².